The van der Waals surface area contributed by atoms with Crippen molar-refractivity contribution in [2.45, 2.75) is 20.3 Å². The lowest BCUT2D eigenvalue weighted by Crippen LogP contribution is -2.09. The Balaban J connectivity index is 2.92. The number of carbonyl (C=O) groups is 1. The van der Waals surface area contributed by atoms with Crippen molar-refractivity contribution >= 4 is 5.97 Å². The number of hydrogen-bond donors (Lipinski definition) is 0. The van der Waals surface area contributed by atoms with Crippen LogP contribution in [-0.2, 0) is 4.74 Å². The molecule has 0 atom stereocenters. The third kappa shape index (κ3) is 3.45. The smallest absolute Gasteiger partial charge is 0.357 e. The third-order valence-electron chi connectivity index (χ3n) is 1.93. The molecular weight excluding hydrogens is 220 g/mol. The molecular formula is C12H14N2O3. The summed E-state index contributed by atoms with van der Waals surface area (Å²) in [5, 5.41) is 8.83. The molecule has 17 heavy (non-hydrogen) atoms. The molecule has 0 spiro atoms. The highest BCUT2D eigenvalue weighted by atomic mass is 16.5. The predicted octanol–water partition coefficient (Wildman–Crippen LogP) is 1.92. The van der Waals surface area contributed by atoms with E-state index in [4.69, 9.17) is 14.7 Å². The van der Waals surface area contributed by atoms with Crippen molar-refractivity contribution in [3.8, 4) is 11.8 Å². The fraction of sp³-hybridized carbons (Fsp3) is 0.417. The van der Waals surface area contributed by atoms with Crippen molar-refractivity contribution in [2.24, 2.45) is 0 Å². The maximum absolute atomic E-state index is 11.5. The van der Waals surface area contributed by atoms with Crippen LogP contribution < -0.4 is 4.74 Å². The first-order valence-electron chi connectivity index (χ1n) is 5.43. The van der Waals surface area contributed by atoms with E-state index in [2.05, 4.69) is 4.98 Å². The minimum absolute atomic E-state index is 0.154. The highest BCUT2D eigenvalue weighted by Gasteiger charge is 2.12. The molecule has 0 saturated carbocycles. The molecule has 1 rings (SSSR count). The third-order valence-corrected chi connectivity index (χ3v) is 1.93. The van der Waals surface area contributed by atoms with Crippen LogP contribution in [0.2, 0.25) is 0 Å². The minimum atomic E-state index is -0.503. The van der Waals surface area contributed by atoms with Crippen molar-refractivity contribution in [2.75, 3.05) is 13.2 Å². The lowest BCUT2D eigenvalue weighted by molar-refractivity contribution is 0.0497. The fourth-order valence-electron chi connectivity index (χ4n) is 1.18. The number of nitrogens with zero attached hydrogens (tertiary/aromatic N) is 2. The Hall–Kier alpha value is -2.09. The van der Waals surface area contributed by atoms with Crippen LogP contribution in [0.1, 0.15) is 36.3 Å². The van der Waals surface area contributed by atoms with Gasteiger partial charge < -0.3 is 9.47 Å². The molecule has 1 aromatic rings. The molecule has 0 N–H and O–H groups in total. The molecule has 0 amide bonds. The van der Waals surface area contributed by atoms with E-state index >= 15 is 0 Å². The summed E-state index contributed by atoms with van der Waals surface area (Å²) in [4.78, 5) is 15.4. The molecule has 1 aromatic heterocycles. The Morgan fingerprint density at radius 3 is 2.88 bits per heavy atom. The van der Waals surface area contributed by atoms with Crippen LogP contribution in [0.4, 0.5) is 0 Å². The Morgan fingerprint density at radius 2 is 2.29 bits per heavy atom. The van der Waals surface area contributed by atoms with E-state index in [9.17, 15) is 4.79 Å². The van der Waals surface area contributed by atoms with Gasteiger partial charge in [-0.3, -0.25) is 0 Å². The van der Waals surface area contributed by atoms with E-state index in [-0.39, 0.29) is 5.69 Å². The largest absolute Gasteiger partial charge is 0.492 e. The summed E-state index contributed by atoms with van der Waals surface area (Å²) < 4.78 is 10.2. The van der Waals surface area contributed by atoms with Crippen LogP contribution in [0.15, 0.2) is 12.3 Å². The summed E-state index contributed by atoms with van der Waals surface area (Å²) in [6.07, 6.45) is 2.06. The van der Waals surface area contributed by atoms with Gasteiger partial charge in [-0.1, -0.05) is 6.92 Å². The molecule has 0 bridgehead atoms. The highest BCUT2D eigenvalue weighted by molar-refractivity contribution is 5.87. The standard InChI is InChI=1S/C12H14N2O3/c1-3-5-17-12(15)10-6-11(16-4-2)9(7-13)8-14-10/h6,8H,3-5H2,1-2H3. The number of rotatable bonds is 5. The first-order valence-corrected chi connectivity index (χ1v) is 5.43. The zero-order valence-corrected chi connectivity index (χ0v) is 9.90. The summed E-state index contributed by atoms with van der Waals surface area (Å²) in [5.41, 5.74) is 0.458. The molecule has 0 aliphatic rings. The molecule has 0 aliphatic carbocycles. The van der Waals surface area contributed by atoms with Crippen LogP contribution in [0, 0.1) is 11.3 Å². The minimum Gasteiger partial charge on any atom is -0.492 e. The summed E-state index contributed by atoms with van der Waals surface area (Å²) >= 11 is 0. The van der Waals surface area contributed by atoms with E-state index in [0.29, 0.717) is 24.5 Å². The lowest BCUT2D eigenvalue weighted by Gasteiger charge is -2.07. The maximum Gasteiger partial charge on any atom is 0.357 e. The van der Waals surface area contributed by atoms with Crippen LogP contribution in [-0.4, -0.2) is 24.2 Å². The zero-order valence-electron chi connectivity index (χ0n) is 9.90. The topological polar surface area (TPSA) is 72.2 Å². The van der Waals surface area contributed by atoms with E-state index in [1.165, 1.54) is 12.3 Å². The number of hydrogen-bond acceptors (Lipinski definition) is 5. The lowest BCUT2D eigenvalue weighted by atomic mass is 10.2. The van der Waals surface area contributed by atoms with Gasteiger partial charge in [0.2, 0.25) is 0 Å². The number of pyridine rings is 1. The number of nitriles is 1. The second-order valence-electron chi connectivity index (χ2n) is 3.25. The number of esters is 1. The molecule has 0 unspecified atom stereocenters. The van der Waals surface area contributed by atoms with Crippen LogP contribution >= 0.6 is 0 Å². The van der Waals surface area contributed by atoms with Gasteiger partial charge in [-0.05, 0) is 13.3 Å². The normalized spacial score (nSPS) is 9.47. The maximum atomic E-state index is 11.5. The molecule has 0 aliphatic heterocycles. The summed E-state index contributed by atoms with van der Waals surface area (Å²) in [6, 6.07) is 3.38. The second kappa shape index (κ2) is 6.48. The van der Waals surface area contributed by atoms with Crippen molar-refractivity contribution in [3.63, 3.8) is 0 Å². The quantitative estimate of drug-likeness (QED) is 0.728. The molecule has 5 nitrogen and oxygen atoms in total. The van der Waals surface area contributed by atoms with E-state index in [1.807, 2.05) is 13.0 Å². The number of carbonyl (C=O) groups excluding carboxylic acids is 1. The molecule has 5 heteroatoms. The first kappa shape index (κ1) is 13.0. The Kier molecular flexibility index (Phi) is 4.95. The molecule has 0 saturated heterocycles. The summed E-state index contributed by atoms with van der Waals surface area (Å²) in [7, 11) is 0. The van der Waals surface area contributed by atoms with Gasteiger partial charge in [0.05, 0.1) is 13.2 Å². The van der Waals surface area contributed by atoms with E-state index in [0.717, 1.165) is 6.42 Å². The number of aromatic nitrogens is 1. The van der Waals surface area contributed by atoms with Crippen LogP contribution in [0.25, 0.3) is 0 Å². The summed E-state index contributed by atoms with van der Waals surface area (Å²) in [6.45, 7) is 4.48. The zero-order chi connectivity index (χ0) is 12.7. The second-order valence-corrected chi connectivity index (χ2v) is 3.25. The molecule has 0 fully saturated rings. The van der Waals surface area contributed by atoms with Crippen molar-refractivity contribution < 1.29 is 14.3 Å². The summed E-state index contributed by atoms with van der Waals surface area (Å²) in [5.74, 6) is -0.147. The Morgan fingerprint density at radius 1 is 1.53 bits per heavy atom. The van der Waals surface area contributed by atoms with Crippen molar-refractivity contribution in [1.82, 2.24) is 4.98 Å². The molecule has 90 valence electrons. The van der Waals surface area contributed by atoms with Gasteiger partial charge in [-0.2, -0.15) is 5.26 Å². The van der Waals surface area contributed by atoms with Crippen molar-refractivity contribution in [1.29, 1.82) is 5.26 Å². The van der Waals surface area contributed by atoms with E-state index in [1.54, 1.807) is 6.92 Å². The van der Waals surface area contributed by atoms with Crippen molar-refractivity contribution in [3.05, 3.63) is 23.5 Å². The van der Waals surface area contributed by atoms with Gasteiger partial charge in [0.1, 0.15) is 17.4 Å². The molecule has 0 radical (unpaired) electrons. The van der Waals surface area contributed by atoms with Gasteiger partial charge in [0.25, 0.3) is 0 Å². The monoisotopic (exact) mass is 234 g/mol. The SMILES string of the molecule is CCCOC(=O)c1cc(OCC)c(C#N)cn1. The Bertz CT molecular complexity index is 438. The van der Waals surface area contributed by atoms with Gasteiger partial charge in [0, 0.05) is 12.3 Å². The van der Waals surface area contributed by atoms with Gasteiger partial charge in [0.15, 0.2) is 5.69 Å². The van der Waals surface area contributed by atoms with Gasteiger partial charge in [-0.15, -0.1) is 0 Å². The average Bonchev–Trinajstić information content (AvgIpc) is 2.36. The van der Waals surface area contributed by atoms with Crippen LogP contribution in [0.3, 0.4) is 0 Å². The Labute approximate surface area is 100.0 Å². The number of ether oxygens (including phenoxy) is 2. The molecule has 0 aromatic carbocycles. The van der Waals surface area contributed by atoms with Gasteiger partial charge in [-0.25, -0.2) is 9.78 Å². The fourth-order valence-corrected chi connectivity index (χ4v) is 1.18. The predicted molar refractivity (Wildman–Crippen MR) is 60.7 cm³/mol. The van der Waals surface area contributed by atoms with Gasteiger partial charge >= 0.3 is 5.97 Å². The molecule has 1 heterocycles. The highest BCUT2D eigenvalue weighted by Crippen LogP contribution is 2.18. The van der Waals surface area contributed by atoms with E-state index < -0.39 is 5.97 Å². The average molecular weight is 234 g/mol. The van der Waals surface area contributed by atoms with Crippen LogP contribution in [0.5, 0.6) is 5.75 Å². The first-order chi connectivity index (χ1) is 8.22.